The maximum atomic E-state index is 13.3. The maximum Gasteiger partial charge on any atom is 0.340 e. The number of aryl methyl sites for hydroxylation is 1. The molecule has 1 atom stereocenters. The van der Waals surface area contributed by atoms with Crippen LogP contribution >= 0.6 is 0 Å². The molecule has 0 bridgehead atoms. The zero-order chi connectivity index (χ0) is 23.9. The summed E-state index contributed by atoms with van der Waals surface area (Å²) < 4.78 is 6.38. The molecule has 0 saturated heterocycles. The zero-order valence-corrected chi connectivity index (χ0v) is 20.6. The van der Waals surface area contributed by atoms with E-state index >= 15 is 0 Å². The van der Waals surface area contributed by atoms with Gasteiger partial charge in [-0.2, -0.15) is 0 Å². The molecule has 3 aromatic rings. The molecule has 1 aliphatic heterocycles. The summed E-state index contributed by atoms with van der Waals surface area (Å²) in [5, 5.41) is 0. The topological polar surface area (TPSA) is 36.0 Å². The fourth-order valence-electron chi connectivity index (χ4n) is 4.59. The van der Waals surface area contributed by atoms with Gasteiger partial charge in [0.1, 0.15) is 0 Å². The van der Waals surface area contributed by atoms with E-state index in [0.29, 0.717) is 5.56 Å². The summed E-state index contributed by atoms with van der Waals surface area (Å²) in [5.41, 5.74) is 6.85. The highest BCUT2D eigenvalue weighted by Crippen LogP contribution is 2.49. The van der Waals surface area contributed by atoms with E-state index in [0.717, 1.165) is 45.7 Å². The summed E-state index contributed by atoms with van der Waals surface area (Å²) in [7, 11) is 12.1. The average molecular weight is 444 g/mol. The van der Waals surface area contributed by atoms with Gasteiger partial charge in [0.2, 0.25) is 0 Å². The molecule has 33 heavy (non-hydrogen) atoms. The lowest BCUT2D eigenvalue weighted by Gasteiger charge is -2.33. The minimum Gasteiger partial charge on any atom is -0.441 e. The monoisotopic (exact) mass is 443 g/mol. The van der Waals surface area contributed by atoms with Gasteiger partial charge < -0.3 is 19.4 Å². The van der Waals surface area contributed by atoms with Gasteiger partial charge >= 0.3 is 5.97 Å². The molecule has 5 heteroatoms. The molecule has 0 aliphatic carbocycles. The Labute approximate surface area is 197 Å². The van der Waals surface area contributed by atoms with Crippen molar-refractivity contribution in [2.75, 3.05) is 57.0 Å². The summed E-state index contributed by atoms with van der Waals surface area (Å²) in [5.74, 6) is -0.288. The van der Waals surface area contributed by atoms with Gasteiger partial charge in [0, 0.05) is 76.0 Å². The fraction of sp³-hybridized carbons (Fsp3) is 0.321. The summed E-state index contributed by atoms with van der Waals surface area (Å²) in [6.45, 7) is 2.15. The number of esters is 1. The molecule has 0 aromatic heterocycles. The van der Waals surface area contributed by atoms with E-state index in [9.17, 15) is 4.79 Å². The molecule has 1 aliphatic rings. The van der Waals surface area contributed by atoms with Crippen LogP contribution in [0.5, 0.6) is 0 Å². The average Bonchev–Trinajstić information content (AvgIpc) is 3.11. The zero-order valence-electron chi connectivity index (χ0n) is 20.6. The Kier molecular flexibility index (Phi) is 5.83. The Bertz CT molecular complexity index is 1180. The van der Waals surface area contributed by atoms with Crippen molar-refractivity contribution in [3.8, 4) is 0 Å². The number of benzene rings is 3. The molecule has 0 N–H and O–H groups in total. The molecule has 1 unspecified atom stereocenters. The number of rotatable bonds is 6. The van der Waals surface area contributed by atoms with Crippen molar-refractivity contribution < 1.29 is 9.53 Å². The van der Waals surface area contributed by atoms with E-state index in [1.54, 1.807) is 0 Å². The lowest BCUT2D eigenvalue weighted by Crippen LogP contribution is -2.31. The van der Waals surface area contributed by atoms with Gasteiger partial charge in [-0.25, -0.2) is 4.79 Å². The Balaban J connectivity index is 2.02. The van der Waals surface area contributed by atoms with Crippen molar-refractivity contribution in [3.05, 3.63) is 88.5 Å². The molecule has 1 heterocycles. The van der Waals surface area contributed by atoms with Crippen LogP contribution in [0.25, 0.3) is 0 Å². The number of anilines is 3. The van der Waals surface area contributed by atoms with E-state index in [-0.39, 0.29) is 5.97 Å². The number of cyclic esters (lactones) is 1. The molecular formula is C28H33N3O2. The predicted molar refractivity (Wildman–Crippen MR) is 137 cm³/mol. The number of hydrogen-bond donors (Lipinski definition) is 0. The number of carbonyl (C=O) groups is 1. The van der Waals surface area contributed by atoms with Crippen molar-refractivity contribution in [3.63, 3.8) is 0 Å². The van der Waals surface area contributed by atoms with E-state index < -0.39 is 5.60 Å². The van der Waals surface area contributed by atoms with Crippen LogP contribution < -0.4 is 14.7 Å². The number of nitrogens with zero attached hydrogens (tertiary/aromatic N) is 3. The van der Waals surface area contributed by atoms with E-state index in [2.05, 4.69) is 71.3 Å². The minimum absolute atomic E-state index is 0.288. The molecule has 5 nitrogen and oxygen atoms in total. The van der Waals surface area contributed by atoms with Crippen molar-refractivity contribution in [2.24, 2.45) is 0 Å². The third-order valence-electron chi connectivity index (χ3n) is 6.52. The second-order valence-electron chi connectivity index (χ2n) is 9.23. The summed E-state index contributed by atoms with van der Waals surface area (Å²) in [6.07, 6.45) is 0.831. The molecule has 0 amide bonds. The molecule has 0 saturated carbocycles. The van der Waals surface area contributed by atoms with Crippen molar-refractivity contribution in [1.82, 2.24) is 0 Å². The number of hydrogen-bond acceptors (Lipinski definition) is 5. The SMILES string of the molecule is CCc1cc(N(C)C)ccc1C1(c2ccc(N(C)C)cc2)OC(=O)c2cc(N(C)C)ccc21. The number of ether oxygens (including phenoxy) is 1. The van der Waals surface area contributed by atoms with Crippen LogP contribution in [0.2, 0.25) is 0 Å². The van der Waals surface area contributed by atoms with Crippen LogP contribution in [0.15, 0.2) is 60.7 Å². The Morgan fingerprint density at radius 2 is 1.21 bits per heavy atom. The first-order valence-electron chi connectivity index (χ1n) is 11.3. The second kappa shape index (κ2) is 8.47. The summed E-state index contributed by atoms with van der Waals surface area (Å²) >= 11 is 0. The highest BCUT2D eigenvalue weighted by molar-refractivity contribution is 5.97. The van der Waals surface area contributed by atoms with E-state index in [1.807, 2.05) is 53.3 Å². The molecule has 172 valence electrons. The normalized spacial score (nSPS) is 16.9. The fourth-order valence-corrected chi connectivity index (χ4v) is 4.59. The Morgan fingerprint density at radius 1 is 0.697 bits per heavy atom. The first-order valence-corrected chi connectivity index (χ1v) is 11.3. The van der Waals surface area contributed by atoms with Crippen molar-refractivity contribution in [1.29, 1.82) is 0 Å². The van der Waals surface area contributed by atoms with Crippen LogP contribution in [0, 0.1) is 0 Å². The lowest BCUT2D eigenvalue weighted by molar-refractivity contribution is 0.0249. The number of carbonyl (C=O) groups excluding carboxylic acids is 1. The van der Waals surface area contributed by atoms with Crippen LogP contribution in [0.1, 0.15) is 39.5 Å². The van der Waals surface area contributed by atoms with Gasteiger partial charge in [-0.05, 0) is 48.4 Å². The standard InChI is InChI=1S/C28H33N3O2/c1-8-19-17-22(30(4)5)13-15-25(19)28(20-9-11-21(12-10-20)29(2)3)26-16-14-23(31(6)7)18-24(26)27(32)33-28/h9-18H,8H2,1-7H3. The third-order valence-corrected chi connectivity index (χ3v) is 6.52. The quantitative estimate of drug-likeness (QED) is 0.506. The maximum absolute atomic E-state index is 13.3. The first-order chi connectivity index (χ1) is 15.7. The smallest absolute Gasteiger partial charge is 0.340 e. The second-order valence-corrected chi connectivity index (χ2v) is 9.23. The molecular weight excluding hydrogens is 410 g/mol. The van der Waals surface area contributed by atoms with Crippen molar-refractivity contribution in [2.45, 2.75) is 18.9 Å². The van der Waals surface area contributed by atoms with Gasteiger partial charge in [0.05, 0.1) is 5.56 Å². The van der Waals surface area contributed by atoms with E-state index in [1.165, 1.54) is 0 Å². The van der Waals surface area contributed by atoms with Gasteiger partial charge in [0.25, 0.3) is 0 Å². The van der Waals surface area contributed by atoms with E-state index in [4.69, 9.17) is 4.74 Å². The van der Waals surface area contributed by atoms with Crippen LogP contribution in [0.3, 0.4) is 0 Å². The molecule has 4 rings (SSSR count). The van der Waals surface area contributed by atoms with Gasteiger partial charge in [0.15, 0.2) is 5.60 Å². The molecule has 0 spiro atoms. The van der Waals surface area contributed by atoms with Gasteiger partial charge in [-0.15, -0.1) is 0 Å². The highest BCUT2D eigenvalue weighted by Gasteiger charge is 2.49. The number of fused-ring (bicyclic) bond motifs is 1. The predicted octanol–water partition coefficient (Wildman–Crippen LogP) is 4.91. The molecule has 0 fully saturated rings. The molecule has 3 aromatic carbocycles. The first kappa shape index (κ1) is 22.7. The third kappa shape index (κ3) is 3.71. The minimum atomic E-state index is -0.988. The van der Waals surface area contributed by atoms with Crippen LogP contribution in [0.4, 0.5) is 17.1 Å². The van der Waals surface area contributed by atoms with Crippen LogP contribution in [-0.2, 0) is 16.8 Å². The Morgan fingerprint density at radius 3 is 1.76 bits per heavy atom. The summed E-state index contributed by atoms with van der Waals surface area (Å²) in [4.78, 5) is 19.5. The highest BCUT2D eigenvalue weighted by atomic mass is 16.6. The van der Waals surface area contributed by atoms with Crippen molar-refractivity contribution >= 4 is 23.0 Å². The summed E-state index contributed by atoms with van der Waals surface area (Å²) in [6, 6.07) is 20.8. The largest absolute Gasteiger partial charge is 0.441 e. The lowest BCUT2D eigenvalue weighted by atomic mass is 9.77. The van der Waals surface area contributed by atoms with Crippen LogP contribution in [-0.4, -0.2) is 48.3 Å². The van der Waals surface area contributed by atoms with Gasteiger partial charge in [-0.3, -0.25) is 0 Å². The molecule has 0 radical (unpaired) electrons. The van der Waals surface area contributed by atoms with Gasteiger partial charge in [-0.1, -0.05) is 31.2 Å². The Hall–Kier alpha value is -3.47.